The molecule has 1 heterocycles. The maximum Gasteiger partial charge on any atom is 0.258 e. The van der Waals surface area contributed by atoms with Gasteiger partial charge in [-0.15, -0.1) is 0 Å². The van der Waals surface area contributed by atoms with Gasteiger partial charge in [-0.25, -0.2) is 4.98 Å². The number of rotatable bonds is 2. The SMILES string of the molecule is Cc1cccc(N)c1C(=O)Nc1ccnc(Cl)c1. The third kappa shape index (κ3) is 2.60. The Bertz CT molecular complexity index is 578. The van der Waals surface area contributed by atoms with E-state index in [0.717, 1.165) is 5.56 Å². The Balaban J connectivity index is 2.28. The number of pyridine rings is 1. The van der Waals surface area contributed by atoms with Gasteiger partial charge < -0.3 is 11.1 Å². The smallest absolute Gasteiger partial charge is 0.258 e. The molecule has 0 aliphatic carbocycles. The minimum Gasteiger partial charge on any atom is -0.398 e. The summed E-state index contributed by atoms with van der Waals surface area (Å²) in [5.41, 5.74) is 8.15. The van der Waals surface area contributed by atoms with Gasteiger partial charge in [-0.1, -0.05) is 23.7 Å². The summed E-state index contributed by atoms with van der Waals surface area (Å²) in [6, 6.07) is 8.59. The number of hydrogen-bond acceptors (Lipinski definition) is 3. The van der Waals surface area contributed by atoms with Gasteiger partial charge in [0.25, 0.3) is 5.91 Å². The Morgan fingerprint density at radius 2 is 2.17 bits per heavy atom. The van der Waals surface area contributed by atoms with E-state index in [9.17, 15) is 4.79 Å². The zero-order valence-electron chi connectivity index (χ0n) is 9.77. The van der Waals surface area contributed by atoms with E-state index in [1.807, 2.05) is 19.1 Å². The number of carbonyl (C=O) groups is 1. The molecule has 18 heavy (non-hydrogen) atoms. The minimum atomic E-state index is -0.257. The van der Waals surface area contributed by atoms with Crippen molar-refractivity contribution in [1.82, 2.24) is 4.98 Å². The van der Waals surface area contributed by atoms with Crippen molar-refractivity contribution in [3.8, 4) is 0 Å². The van der Waals surface area contributed by atoms with Crippen molar-refractivity contribution >= 4 is 28.9 Å². The summed E-state index contributed by atoms with van der Waals surface area (Å²) < 4.78 is 0. The number of halogens is 1. The number of benzene rings is 1. The van der Waals surface area contributed by atoms with Gasteiger partial charge in [-0.2, -0.15) is 0 Å². The van der Waals surface area contributed by atoms with Crippen LogP contribution < -0.4 is 11.1 Å². The van der Waals surface area contributed by atoms with Gasteiger partial charge >= 0.3 is 0 Å². The normalized spacial score (nSPS) is 10.1. The topological polar surface area (TPSA) is 68.0 Å². The van der Waals surface area contributed by atoms with Crippen LogP contribution in [0.5, 0.6) is 0 Å². The van der Waals surface area contributed by atoms with Crippen molar-refractivity contribution < 1.29 is 4.79 Å². The van der Waals surface area contributed by atoms with E-state index in [4.69, 9.17) is 17.3 Å². The predicted octanol–water partition coefficient (Wildman–Crippen LogP) is 2.88. The zero-order valence-corrected chi connectivity index (χ0v) is 10.5. The van der Waals surface area contributed by atoms with Crippen LogP contribution in [0.25, 0.3) is 0 Å². The van der Waals surface area contributed by atoms with Crippen LogP contribution in [0.2, 0.25) is 5.15 Å². The summed E-state index contributed by atoms with van der Waals surface area (Å²) in [7, 11) is 0. The van der Waals surface area contributed by atoms with Crippen LogP contribution in [-0.4, -0.2) is 10.9 Å². The summed E-state index contributed by atoms with van der Waals surface area (Å²) >= 11 is 5.75. The largest absolute Gasteiger partial charge is 0.398 e. The second-order valence-corrected chi connectivity index (χ2v) is 4.25. The lowest BCUT2D eigenvalue weighted by atomic mass is 10.1. The van der Waals surface area contributed by atoms with Crippen LogP contribution in [-0.2, 0) is 0 Å². The third-order valence-electron chi connectivity index (χ3n) is 2.52. The molecule has 0 aliphatic rings. The first-order valence-corrected chi connectivity index (χ1v) is 5.73. The third-order valence-corrected chi connectivity index (χ3v) is 2.72. The van der Waals surface area contributed by atoms with Crippen molar-refractivity contribution in [2.45, 2.75) is 6.92 Å². The van der Waals surface area contributed by atoms with Gasteiger partial charge in [0.1, 0.15) is 5.15 Å². The number of hydrogen-bond donors (Lipinski definition) is 2. The van der Waals surface area contributed by atoms with Crippen LogP contribution in [0.3, 0.4) is 0 Å². The van der Waals surface area contributed by atoms with Crippen LogP contribution >= 0.6 is 11.6 Å². The van der Waals surface area contributed by atoms with Crippen LogP contribution in [0.15, 0.2) is 36.5 Å². The second-order valence-electron chi connectivity index (χ2n) is 3.86. The number of anilines is 2. The zero-order chi connectivity index (χ0) is 13.1. The number of aromatic nitrogens is 1. The van der Waals surface area contributed by atoms with Gasteiger partial charge in [-0.3, -0.25) is 4.79 Å². The Labute approximate surface area is 110 Å². The molecule has 0 aliphatic heterocycles. The van der Waals surface area contributed by atoms with E-state index < -0.39 is 0 Å². The maximum absolute atomic E-state index is 12.1. The van der Waals surface area contributed by atoms with Gasteiger partial charge in [0, 0.05) is 17.6 Å². The summed E-state index contributed by atoms with van der Waals surface area (Å²) in [6.45, 7) is 1.84. The molecule has 3 N–H and O–H groups in total. The van der Waals surface area contributed by atoms with E-state index in [1.165, 1.54) is 6.20 Å². The molecule has 2 rings (SSSR count). The van der Waals surface area contributed by atoms with Crippen LogP contribution in [0, 0.1) is 6.92 Å². The molecule has 92 valence electrons. The van der Waals surface area contributed by atoms with Gasteiger partial charge in [0.15, 0.2) is 0 Å². The highest BCUT2D eigenvalue weighted by atomic mass is 35.5. The lowest BCUT2D eigenvalue weighted by molar-refractivity contribution is 0.102. The summed E-state index contributed by atoms with van der Waals surface area (Å²) in [5, 5.41) is 3.06. The van der Waals surface area contributed by atoms with E-state index in [2.05, 4.69) is 10.3 Å². The molecule has 0 radical (unpaired) electrons. The molecule has 0 bridgehead atoms. The molecule has 0 saturated heterocycles. The predicted molar refractivity (Wildman–Crippen MR) is 72.8 cm³/mol. The molecule has 1 aromatic heterocycles. The molecule has 5 heteroatoms. The van der Waals surface area contributed by atoms with Crippen molar-refractivity contribution in [3.63, 3.8) is 0 Å². The fourth-order valence-corrected chi connectivity index (χ4v) is 1.85. The first-order valence-electron chi connectivity index (χ1n) is 5.36. The fraction of sp³-hybridized carbons (Fsp3) is 0.0769. The Morgan fingerprint density at radius 3 is 2.83 bits per heavy atom. The van der Waals surface area contributed by atoms with Crippen molar-refractivity contribution in [2.24, 2.45) is 0 Å². The molecule has 0 saturated carbocycles. The summed E-state index contributed by atoms with van der Waals surface area (Å²) in [5.74, 6) is -0.257. The molecular weight excluding hydrogens is 250 g/mol. The van der Waals surface area contributed by atoms with Crippen LogP contribution in [0.1, 0.15) is 15.9 Å². The van der Waals surface area contributed by atoms with E-state index in [1.54, 1.807) is 18.2 Å². The highest BCUT2D eigenvalue weighted by molar-refractivity contribution is 6.29. The minimum absolute atomic E-state index is 0.257. The lowest BCUT2D eigenvalue weighted by Gasteiger charge is -2.10. The molecule has 0 spiro atoms. The van der Waals surface area contributed by atoms with E-state index in [-0.39, 0.29) is 5.91 Å². The first-order chi connectivity index (χ1) is 8.58. The Morgan fingerprint density at radius 1 is 1.39 bits per heavy atom. The van der Waals surface area contributed by atoms with Gasteiger partial charge in [0.2, 0.25) is 0 Å². The molecule has 2 aromatic rings. The number of carbonyl (C=O) groups excluding carboxylic acids is 1. The van der Waals surface area contributed by atoms with E-state index >= 15 is 0 Å². The number of nitrogen functional groups attached to an aromatic ring is 1. The van der Waals surface area contributed by atoms with Crippen LogP contribution in [0.4, 0.5) is 11.4 Å². The quantitative estimate of drug-likeness (QED) is 0.645. The highest BCUT2D eigenvalue weighted by Gasteiger charge is 2.12. The standard InChI is InChI=1S/C13H12ClN3O/c1-8-3-2-4-10(15)12(8)13(18)17-9-5-6-16-11(14)7-9/h2-7H,15H2,1H3,(H,16,17,18). The molecule has 0 atom stereocenters. The first kappa shape index (κ1) is 12.4. The average molecular weight is 262 g/mol. The fourth-order valence-electron chi connectivity index (χ4n) is 1.67. The summed E-state index contributed by atoms with van der Waals surface area (Å²) in [6.07, 6.45) is 1.53. The monoisotopic (exact) mass is 261 g/mol. The number of amides is 1. The molecule has 1 amide bonds. The number of nitrogens with two attached hydrogens (primary N) is 1. The number of nitrogens with one attached hydrogen (secondary N) is 1. The molecule has 1 aromatic carbocycles. The highest BCUT2D eigenvalue weighted by Crippen LogP contribution is 2.19. The van der Waals surface area contributed by atoms with Crippen molar-refractivity contribution in [3.05, 3.63) is 52.8 Å². The van der Waals surface area contributed by atoms with Gasteiger partial charge in [-0.05, 0) is 30.7 Å². The summed E-state index contributed by atoms with van der Waals surface area (Å²) in [4.78, 5) is 16.0. The molecule has 0 unspecified atom stereocenters. The number of aryl methyl sites for hydroxylation is 1. The maximum atomic E-state index is 12.1. The Kier molecular flexibility index (Phi) is 3.48. The van der Waals surface area contributed by atoms with Gasteiger partial charge in [0.05, 0.1) is 5.56 Å². The molecular formula is C13H12ClN3O. The Hall–Kier alpha value is -2.07. The average Bonchev–Trinajstić information content (AvgIpc) is 2.28. The molecule has 4 nitrogen and oxygen atoms in total. The molecule has 0 fully saturated rings. The lowest BCUT2D eigenvalue weighted by Crippen LogP contribution is -2.15. The number of nitrogens with zero attached hydrogens (tertiary/aromatic N) is 1. The second kappa shape index (κ2) is 5.06. The van der Waals surface area contributed by atoms with E-state index in [0.29, 0.717) is 22.1 Å². The van der Waals surface area contributed by atoms with Crippen molar-refractivity contribution in [2.75, 3.05) is 11.1 Å². The van der Waals surface area contributed by atoms with Crippen molar-refractivity contribution in [1.29, 1.82) is 0 Å².